The highest BCUT2D eigenvalue weighted by Crippen LogP contribution is 2.19. The van der Waals surface area contributed by atoms with E-state index in [1.807, 2.05) is 36.4 Å². The van der Waals surface area contributed by atoms with Crippen molar-refractivity contribution < 1.29 is 0 Å². The lowest BCUT2D eigenvalue weighted by Gasteiger charge is -2.06. The summed E-state index contributed by atoms with van der Waals surface area (Å²) in [6, 6.07) is 16.0. The van der Waals surface area contributed by atoms with Gasteiger partial charge in [0.15, 0.2) is 0 Å². The van der Waals surface area contributed by atoms with Crippen LogP contribution in [0.3, 0.4) is 0 Å². The first-order valence-corrected chi connectivity index (χ1v) is 5.92. The van der Waals surface area contributed by atoms with Crippen molar-refractivity contribution in [1.82, 2.24) is 5.32 Å². The van der Waals surface area contributed by atoms with E-state index in [0.29, 0.717) is 10.7 Å². The van der Waals surface area contributed by atoms with Crippen molar-refractivity contribution in [2.75, 3.05) is 5.73 Å². The van der Waals surface area contributed by atoms with Gasteiger partial charge in [0.1, 0.15) is 0 Å². The highest BCUT2D eigenvalue weighted by molar-refractivity contribution is 6.33. The van der Waals surface area contributed by atoms with Crippen LogP contribution in [0.4, 0.5) is 5.69 Å². The molecule has 0 atom stereocenters. The van der Waals surface area contributed by atoms with E-state index in [-0.39, 0.29) is 0 Å². The molecule has 0 aliphatic heterocycles. The van der Waals surface area contributed by atoms with Gasteiger partial charge in [-0.2, -0.15) is 0 Å². The summed E-state index contributed by atoms with van der Waals surface area (Å²) in [5, 5.41) is 3.97. The fourth-order valence-corrected chi connectivity index (χ4v) is 1.77. The fourth-order valence-electron chi connectivity index (χ4n) is 1.65. The Hall–Kier alpha value is -1.51. The second-order valence-corrected chi connectivity index (χ2v) is 4.35. The minimum absolute atomic E-state index is 0.608. The topological polar surface area (TPSA) is 38.0 Å². The maximum atomic E-state index is 5.87. The largest absolute Gasteiger partial charge is 0.398 e. The molecule has 0 aliphatic rings. The normalized spacial score (nSPS) is 10.4. The molecular weight excluding hydrogens is 232 g/mol. The van der Waals surface area contributed by atoms with E-state index < -0.39 is 0 Å². The Morgan fingerprint density at radius 2 is 1.65 bits per heavy atom. The van der Waals surface area contributed by atoms with E-state index in [0.717, 1.165) is 18.7 Å². The van der Waals surface area contributed by atoms with Gasteiger partial charge in [0.2, 0.25) is 0 Å². The number of nitrogen functional groups attached to an aromatic ring is 1. The number of nitrogens with two attached hydrogens (primary N) is 1. The summed E-state index contributed by atoms with van der Waals surface area (Å²) in [4.78, 5) is 0. The van der Waals surface area contributed by atoms with Gasteiger partial charge in [-0.3, -0.25) is 0 Å². The van der Waals surface area contributed by atoms with E-state index in [9.17, 15) is 0 Å². The number of benzene rings is 2. The van der Waals surface area contributed by atoms with Crippen LogP contribution in [0.25, 0.3) is 0 Å². The van der Waals surface area contributed by atoms with Gasteiger partial charge in [-0.25, -0.2) is 0 Å². The third-order valence-corrected chi connectivity index (χ3v) is 2.91. The first-order chi connectivity index (χ1) is 8.25. The second-order valence-electron chi connectivity index (χ2n) is 3.95. The molecule has 2 aromatic carbocycles. The van der Waals surface area contributed by atoms with E-state index >= 15 is 0 Å². The van der Waals surface area contributed by atoms with Crippen molar-refractivity contribution in [2.45, 2.75) is 13.1 Å². The second kappa shape index (κ2) is 5.71. The molecule has 0 saturated carbocycles. The Balaban J connectivity index is 1.88. The van der Waals surface area contributed by atoms with Gasteiger partial charge < -0.3 is 11.1 Å². The smallest absolute Gasteiger partial charge is 0.0635 e. The summed E-state index contributed by atoms with van der Waals surface area (Å²) in [5.74, 6) is 0. The zero-order valence-corrected chi connectivity index (χ0v) is 10.2. The molecule has 3 N–H and O–H groups in total. The summed E-state index contributed by atoms with van der Waals surface area (Å²) < 4.78 is 0. The quantitative estimate of drug-likeness (QED) is 0.813. The summed E-state index contributed by atoms with van der Waals surface area (Å²) >= 11 is 5.87. The van der Waals surface area contributed by atoms with Gasteiger partial charge in [0, 0.05) is 13.1 Å². The average Bonchev–Trinajstić information content (AvgIpc) is 2.35. The standard InChI is InChI=1S/C14H15ClN2/c15-13-7-6-12(8-14(13)16)10-17-9-11-4-2-1-3-5-11/h1-8,17H,9-10,16H2. The van der Waals surface area contributed by atoms with E-state index in [1.165, 1.54) is 5.56 Å². The SMILES string of the molecule is Nc1cc(CNCc2ccccc2)ccc1Cl. The Kier molecular flexibility index (Phi) is 4.02. The summed E-state index contributed by atoms with van der Waals surface area (Å²) in [6.07, 6.45) is 0. The first-order valence-electron chi connectivity index (χ1n) is 5.54. The minimum atomic E-state index is 0.608. The molecule has 2 aromatic rings. The van der Waals surface area contributed by atoms with Crippen LogP contribution in [0, 0.1) is 0 Å². The third-order valence-electron chi connectivity index (χ3n) is 2.56. The molecule has 0 spiro atoms. The Morgan fingerprint density at radius 1 is 0.941 bits per heavy atom. The van der Waals surface area contributed by atoms with Crippen LogP contribution in [-0.2, 0) is 13.1 Å². The molecule has 0 saturated heterocycles. The number of halogens is 1. The van der Waals surface area contributed by atoms with Crippen molar-refractivity contribution in [1.29, 1.82) is 0 Å². The van der Waals surface area contributed by atoms with E-state index in [4.69, 9.17) is 17.3 Å². The highest BCUT2D eigenvalue weighted by Gasteiger charge is 1.98. The fraction of sp³-hybridized carbons (Fsp3) is 0.143. The molecule has 2 nitrogen and oxygen atoms in total. The number of hydrogen-bond acceptors (Lipinski definition) is 2. The van der Waals surface area contributed by atoms with Crippen LogP contribution < -0.4 is 11.1 Å². The molecule has 3 heteroatoms. The van der Waals surface area contributed by atoms with Gasteiger partial charge >= 0.3 is 0 Å². The summed E-state index contributed by atoms with van der Waals surface area (Å²) in [6.45, 7) is 1.64. The van der Waals surface area contributed by atoms with Crippen LogP contribution in [-0.4, -0.2) is 0 Å². The lowest BCUT2D eigenvalue weighted by atomic mass is 10.2. The van der Waals surface area contributed by atoms with Gasteiger partial charge in [-0.15, -0.1) is 0 Å². The van der Waals surface area contributed by atoms with Gasteiger partial charge in [0.25, 0.3) is 0 Å². The molecule has 0 bridgehead atoms. The molecule has 0 fully saturated rings. The zero-order valence-electron chi connectivity index (χ0n) is 9.49. The number of hydrogen-bond donors (Lipinski definition) is 2. The van der Waals surface area contributed by atoms with Crippen LogP contribution >= 0.6 is 11.6 Å². The number of rotatable bonds is 4. The molecule has 2 rings (SSSR count). The molecule has 88 valence electrons. The molecule has 0 aromatic heterocycles. The van der Waals surface area contributed by atoms with E-state index in [1.54, 1.807) is 0 Å². The van der Waals surface area contributed by atoms with Crippen molar-refractivity contribution >= 4 is 17.3 Å². The van der Waals surface area contributed by atoms with Crippen molar-refractivity contribution in [3.8, 4) is 0 Å². The number of nitrogens with one attached hydrogen (secondary N) is 1. The maximum Gasteiger partial charge on any atom is 0.0635 e. The van der Waals surface area contributed by atoms with Crippen molar-refractivity contribution in [2.24, 2.45) is 0 Å². The molecular formula is C14H15ClN2. The third kappa shape index (κ3) is 3.48. The van der Waals surface area contributed by atoms with Gasteiger partial charge in [0.05, 0.1) is 10.7 Å². The minimum Gasteiger partial charge on any atom is -0.398 e. The lowest BCUT2D eigenvalue weighted by molar-refractivity contribution is 0.693. The number of anilines is 1. The van der Waals surface area contributed by atoms with Crippen LogP contribution in [0.15, 0.2) is 48.5 Å². The van der Waals surface area contributed by atoms with Crippen molar-refractivity contribution in [3.05, 3.63) is 64.7 Å². The summed E-state index contributed by atoms with van der Waals surface area (Å²) in [7, 11) is 0. The maximum absolute atomic E-state index is 5.87. The van der Waals surface area contributed by atoms with Crippen LogP contribution in [0.1, 0.15) is 11.1 Å². The Labute approximate surface area is 106 Å². The predicted octanol–water partition coefficient (Wildman–Crippen LogP) is 3.21. The molecule has 0 heterocycles. The molecule has 0 radical (unpaired) electrons. The zero-order chi connectivity index (χ0) is 12.1. The molecule has 0 aliphatic carbocycles. The first kappa shape index (κ1) is 12.0. The molecule has 0 unspecified atom stereocenters. The van der Waals surface area contributed by atoms with Gasteiger partial charge in [-0.1, -0.05) is 48.0 Å². The summed E-state index contributed by atoms with van der Waals surface area (Å²) in [5.41, 5.74) is 8.79. The van der Waals surface area contributed by atoms with Crippen molar-refractivity contribution in [3.63, 3.8) is 0 Å². The molecule has 0 amide bonds. The highest BCUT2D eigenvalue weighted by atomic mass is 35.5. The van der Waals surface area contributed by atoms with Crippen LogP contribution in [0.2, 0.25) is 5.02 Å². The molecule has 17 heavy (non-hydrogen) atoms. The van der Waals surface area contributed by atoms with E-state index in [2.05, 4.69) is 17.4 Å². The van der Waals surface area contributed by atoms with Gasteiger partial charge in [-0.05, 0) is 23.3 Å². The monoisotopic (exact) mass is 246 g/mol. The Bertz CT molecular complexity index is 483. The Morgan fingerprint density at radius 3 is 2.35 bits per heavy atom. The average molecular weight is 247 g/mol. The predicted molar refractivity (Wildman–Crippen MR) is 72.9 cm³/mol. The van der Waals surface area contributed by atoms with Crippen LogP contribution in [0.5, 0.6) is 0 Å². The lowest BCUT2D eigenvalue weighted by Crippen LogP contribution is -2.12.